The lowest BCUT2D eigenvalue weighted by Gasteiger charge is -2.29. The molecule has 0 unspecified atom stereocenters. The van der Waals surface area contributed by atoms with E-state index in [9.17, 15) is 4.79 Å². The third-order valence-corrected chi connectivity index (χ3v) is 6.40. The molecule has 3 N–H and O–H groups in total. The van der Waals surface area contributed by atoms with Crippen molar-refractivity contribution in [3.63, 3.8) is 0 Å². The van der Waals surface area contributed by atoms with Crippen molar-refractivity contribution >= 4 is 23.2 Å². The molecule has 2 fully saturated rings. The van der Waals surface area contributed by atoms with Crippen LogP contribution in [-0.2, 0) is 5.54 Å². The number of carbonyl (C=O) groups is 1. The second-order valence-electron chi connectivity index (χ2n) is 8.32. The minimum absolute atomic E-state index is 0.0335. The van der Waals surface area contributed by atoms with Gasteiger partial charge in [0.05, 0.1) is 16.8 Å². The molecule has 7 nitrogen and oxygen atoms in total. The zero-order valence-corrected chi connectivity index (χ0v) is 16.7. The highest BCUT2D eigenvalue weighted by atomic mass is 16.2. The van der Waals surface area contributed by atoms with E-state index < -0.39 is 0 Å². The largest absolute Gasteiger partial charge is 0.369 e. The van der Waals surface area contributed by atoms with Crippen molar-refractivity contribution in [3.05, 3.63) is 41.7 Å². The fraction of sp³-hybridized carbons (Fsp3) is 0.500. The number of amides is 1. The lowest BCUT2D eigenvalue weighted by molar-refractivity contribution is 0.0921. The van der Waals surface area contributed by atoms with Crippen LogP contribution in [0.15, 0.2) is 30.5 Å². The number of nitrogens with one attached hydrogen (secondary N) is 3. The first kappa shape index (κ1) is 18.4. The summed E-state index contributed by atoms with van der Waals surface area (Å²) in [4.78, 5) is 24.1. The Hall–Kier alpha value is -2.67. The van der Waals surface area contributed by atoms with Crippen molar-refractivity contribution in [2.75, 3.05) is 36.4 Å². The molecule has 1 aromatic carbocycles. The molecule has 2 aromatic rings. The Morgan fingerprint density at radius 1 is 1.00 bits per heavy atom. The highest BCUT2D eigenvalue weighted by molar-refractivity contribution is 5.99. The van der Waals surface area contributed by atoms with Gasteiger partial charge in [-0.2, -0.15) is 0 Å². The Labute approximate surface area is 171 Å². The number of carbonyl (C=O) groups excluding carboxylic acids is 1. The zero-order valence-electron chi connectivity index (χ0n) is 16.7. The van der Waals surface area contributed by atoms with E-state index >= 15 is 0 Å². The number of fused-ring (bicyclic) bond motifs is 2. The van der Waals surface area contributed by atoms with E-state index in [-0.39, 0.29) is 11.4 Å². The van der Waals surface area contributed by atoms with Gasteiger partial charge in [0, 0.05) is 43.8 Å². The molecular formula is C22H28N6O. The molecule has 1 spiro atoms. The van der Waals surface area contributed by atoms with E-state index in [1.54, 1.807) is 6.20 Å². The number of anilines is 3. The van der Waals surface area contributed by atoms with Gasteiger partial charge >= 0.3 is 0 Å². The molecule has 1 saturated carbocycles. The molecule has 0 atom stereocenters. The van der Waals surface area contributed by atoms with Crippen LogP contribution in [0.25, 0.3) is 0 Å². The third-order valence-electron chi connectivity index (χ3n) is 6.40. The monoisotopic (exact) mass is 392 g/mol. The summed E-state index contributed by atoms with van der Waals surface area (Å²) in [5.74, 6) is 0.521. The summed E-state index contributed by atoms with van der Waals surface area (Å²) >= 11 is 0. The van der Waals surface area contributed by atoms with E-state index in [0.717, 1.165) is 63.2 Å². The average Bonchev–Trinajstić information content (AvgIpc) is 2.89. The number of benzene rings is 1. The Kier molecular flexibility index (Phi) is 4.83. The van der Waals surface area contributed by atoms with Crippen LogP contribution in [-0.4, -0.2) is 42.1 Å². The van der Waals surface area contributed by atoms with Crippen LogP contribution in [0.4, 0.5) is 17.3 Å². The molecule has 1 amide bonds. The zero-order chi connectivity index (χ0) is 19.7. The van der Waals surface area contributed by atoms with E-state index in [1.165, 1.54) is 18.5 Å². The molecule has 3 heterocycles. The number of nitrogens with zero attached hydrogens (tertiary/aromatic N) is 3. The predicted octanol–water partition coefficient (Wildman–Crippen LogP) is 2.92. The fourth-order valence-corrected chi connectivity index (χ4v) is 4.82. The number of hydrogen-bond acceptors (Lipinski definition) is 6. The summed E-state index contributed by atoms with van der Waals surface area (Å²) in [6.07, 6.45) is 8.29. The van der Waals surface area contributed by atoms with Crippen molar-refractivity contribution in [1.82, 2.24) is 20.6 Å². The first-order valence-corrected chi connectivity index (χ1v) is 10.8. The van der Waals surface area contributed by atoms with E-state index in [2.05, 4.69) is 50.1 Å². The molecule has 1 saturated heterocycles. The first-order valence-electron chi connectivity index (χ1n) is 10.8. The van der Waals surface area contributed by atoms with Gasteiger partial charge in [0.15, 0.2) is 0 Å². The summed E-state index contributed by atoms with van der Waals surface area (Å²) in [6.45, 7) is 4.11. The topological polar surface area (TPSA) is 82.2 Å². The Morgan fingerprint density at radius 2 is 1.72 bits per heavy atom. The van der Waals surface area contributed by atoms with Gasteiger partial charge < -0.3 is 20.9 Å². The summed E-state index contributed by atoms with van der Waals surface area (Å²) in [5, 5.41) is 9.93. The number of rotatable bonds is 3. The summed E-state index contributed by atoms with van der Waals surface area (Å²) in [6, 6.07) is 8.41. The smallest absolute Gasteiger partial charge is 0.255 e. The van der Waals surface area contributed by atoms with Crippen LogP contribution in [0.2, 0.25) is 0 Å². The molecule has 3 aliphatic rings. The molecule has 0 radical (unpaired) electrons. The highest BCUT2D eigenvalue weighted by Crippen LogP contribution is 2.40. The summed E-state index contributed by atoms with van der Waals surface area (Å²) < 4.78 is 0. The number of piperazine rings is 1. The lowest BCUT2D eigenvalue weighted by Crippen LogP contribution is -2.43. The van der Waals surface area contributed by atoms with E-state index in [0.29, 0.717) is 11.5 Å². The molecule has 29 heavy (non-hydrogen) atoms. The molecule has 0 bridgehead atoms. The van der Waals surface area contributed by atoms with Gasteiger partial charge in [-0.05, 0) is 37.1 Å². The third kappa shape index (κ3) is 3.55. The molecule has 5 rings (SSSR count). The molecule has 152 valence electrons. The molecule has 7 heteroatoms. The maximum Gasteiger partial charge on any atom is 0.255 e. The highest BCUT2D eigenvalue weighted by Gasteiger charge is 2.44. The predicted molar refractivity (Wildman–Crippen MR) is 114 cm³/mol. The molecule has 1 aromatic heterocycles. The minimum Gasteiger partial charge on any atom is -0.369 e. The average molecular weight is 393 g/mol. The van der Waals surface area contributed by atoms with E-state index in [1.807, 2.05) is 0 Å². The standard InChI is InChI=1S/C22H28N6O/c29-20-18-15-24-21(26-19(18)22(27-20)9-3-1-2-4-10-22)25-16-5-7-17(8-6-16)28-13-11-23-12-14-28/h5-8,15,23H,1-4,9-14H2,(H,27,29)(H,24,25,26). The van der Waals surface area contributed by atoms with Gasteiger partial charge in [0.2, 0.25) is 5.95 Å². The minimum atomic E-state index is -0.311. The van der Waals surface area contributed by atoms with Crippen molar-refractivity contribution < 1.29 is 4.79 Å². The van der Waals surface area contributed by atoms with Crippen molar-refractivity contribution in [2.24, 2.45) is 0 Å². The van der Waals surface area contributed by atoms with Gasteiger partial charge in [0.1, 0.15) is 0 Å². The van der Waals surface area contributed by atoms with Crippen molar-refractivity contribution in [1.29, 1.82) is 0 Å². The van der Waals surface area contributed by atoms with Crippen molar-refractivity contribution in [2.45, 2.75) is 44.1 Å². The second kappa shape index (κ2) is 7.63. The quantitative estimate of drug-likeness (QED) is 0.745. The van der Waals surface area contributed by atoms with E-state index in [4.69, 9.17) is 4.98 Å². The molecule has 2 aliphatic heterocycles. The van der Waals surface area contributed by atoms with Gasteiger partial charge in [-0.3, -0.25) is 4.79 Å². The Balaban J connectivity index is 1.37. The van der Waals surface area contributed by atoms with Gasteiger partial charge in [-0.25, -0.2) is 9.97 Å². The van der Waals surface area contributed by atoms with Gasteiger partial charge in [0.25, 0.3) is 5.91 Å². The lowest BCUT2D eigenvalue weighted by atomic mass is 9.88. The van der Waals surface area contributed by atoms with Crippen LogP contribution >= 0.6 is 0 Å². The van der Waals surface area contributed by atoms with Crippen molar-refractivity contribution in [3.8, 4) is 0 Å². The normalized spacial score (nSPS) is 20.8. The molecule has 1 aliphatic carbocycles. The second-order valence-corrected chi connectivity index (χ2v) is 8.32. The maximum absolute atomic E-state index is 12.5. The van der Waals surface area contributed by atoms with Crippen LogP contribution < -0.4 is 20.9 Å². The van der Waals surface area contributed by atoms with Gasteiger partial charge in [-0.1, -0.05) is 25.7 Å². The first-order chi connectivity index (χ1) is 14.2. The Bertz CT molecular complexity index is 883. The van der Waals surface area contributed by atoms with Gasteiger partial charge in [-0.15, -0.1) is 0 Å². The number of hydrogen-bond donors (Lipinski definition) is 3. The molecular weight excluding hydrogens is 364 g/mol. The van der Waals surface area contributed by atoms with Crippen LogP contribution in [0.3, 0.4) is 0 Å². The number of aromatic nitrogens is 2. The SMILES string of the molecule is O=C1NC2(CCCCCC2)c2nc(Nc3ccc(N4CCNCC4)cc3)ncc21. The fourth-order valence-electron chi connectivity index (χ4n) is 4.82. The Morgan fingerprint density at radius 3 is 2.45 bits per heavy atom. The van der Waals surface area contributed by atoms with Crippen LogP contribution in [0.5, 0.6) is 0 Å². The summed E-state index contributed by atoms with van der Waals surface area (Å²) in [7, 11) is 0. The van der Waals surface area contributed by atoms with Crippen LogP contribution in [0, 0.1) is 0 Å². The maximum atomic E-state index is 12.5. The van der Waals surface area contributed by atoms with Crippen LogP contribution in [0.1, 0.15) is 54.6 Å². The summed E-state index contributed by atoms with van der Waals surface area (Å²) in [5.41, 5.74) is 3.38.